The quantitative estimate of drug-likeness (QED) is 0.662. The van der Waals surface area contributed by atoms with Gasteiger partial charge >= 0.3 is 0 Å². The fraction of sp³-hybridized carbons (Fsp3) is 0.200. The summed E-state index contributed by atoms with van der Waals surface area (Å²) in [6.07, 6.45) is 5.30. The molecule has 2 amide bonds. The van der Waals surface area contributed by atoms with Crippen molar-refractivity contribution in [2.45, 2.75) is 13.0 Å². The molecule has 0 fully saturated rings. The van der Waals surface area contributed by atoms with Crippen molar-refractivity contribution >= 4 is 29.2 Å². The number of carbonyl (C=O) groups is 2. The molecule has 0 saturated carbocycles. The number of rotatable bonds is 3. The Morgan fingerprint density at radius 2 is 2.13 bits per heavy atom. The molecular formula is C20H16ClFN6O3. The zero-order valence-electron chi connectivity index (χ0n) is 16.5. The molecule has 0 aromatic carbocycles. The standard InChI is InChI=1S/C20H16ClFN6O3/c1-10-6-24-17(27-16(10)12-3-4-23-8-13(12)22)19(29)26-14-9-31-15-5-11(21)7-25-18(15)28(2)20(14)30/h3-8,14H,9H2,1-2H3,(H,26,29)/t14-/m0/s1. The maximum absolute atomic E-state index is 14.2. The monoisotopic (exact) mass is 442 g/mol. The van der Waals surface area contributed by atoms with E-state index in [0.29, 0.717) is 16.3 Å². The van der Waals surface area contributed by atoms with Gasteiger partial charge in [-0.15, -0.1) is 0 Å². The lowest BCUT2D eigenvalue weighted by atomic mass is 10.1. The second-order valence-electron chi connectivity index (χ2n) is 6.79. The number of ether oxygens (including phenoxy) is 1. The van der Waals surface area contributed by atoms with E-state index in [-0.39, 0.29) is 29.5 Å². The zero-order valence-corrected chi connectivity index (χ0v) is 17.2. The molecule has 9 nitrogen and oxygen atoms in total. The van der Waals surface area contributed by atoms with Crippen molar-refractivity contribution in [1.29, 1.82) is 0 Å². The van der Waals surface area contributed by atoms with Crippen molar-refractivity contribution in [3.05, 3.63) is 59.1 Å². The van der Waals surface area contributed by atoms with E-state index >= 15 is 0 Å². The van der Waals surface area contributed by atoms with Crippen molar-refractivity contribution in [1.82, 2.24) is 25.3 Å². The Labute approximate surface area is 181 Å². The van der Waals surface area contributed by atoms with Gasteiger partial charge in [-0.2, -0.15) is 0 Å². The van der Waals surface area contributed by atoms with Crippen LogP contribution in [0.1, 0.15) is 16.2 Å². The average Bonchev–Trinajstić information content (AvgIpc) is 2.86. The molecule has 1 atom stereocenters. The lowest BCUT2D eigenvalue weighted by Gasteiger charge is -2.19. The smallest absolute Gasteiger partial charge is 0.289 e. The van der Waals surface area contributed by atoms with Crippen LogP contribution in [0.15, 0.2) is 36.9 Å². The highest BCUT2D eigenvalue weighted by atomic mass is 35.5. The molecule has 0 saturated heterocycles. The van der Waals surface area contributed by atoms with Crippen LogP contribution in [0, 0.1) is 12.7 Å². The van der Waals surface area contributed by atoms with Crippen LogP contribution >= 0.6 is 11.6 Å². The molecule has 0 unspecified atom stereocenters. The van der Waals surface area contributed by atoms with Crippen LogP contribution in [0.3, 0.4) is 0 Å². The van der Waals surface area contributed by atoms with Gasteiger partial charge in [-0.1, -0.05) is 11.6 Å². The van der Waals surface area contributed by atoms with Crippen molar-refractivity contribution in [2.75, 3.05) is 18.6 Å². The van der Waals surface area contributed by atoms with Gasteiger partial charge in [-0.3, -0.25) is 19.5 Å². The van der Waals surface area contributed by atoms with E-state index in [1.54, 1.807) is 6.92 Å². The first-order valence-electron chi connectivity index (χ1n) is 9.15. The first kappa shape index (κ1) is 20.6. The topological polar surface area (TPSA) is 110 Å². The normalized spacial score (nSPS) is 15.7. The van der Waals surface area contributed by atoms with Crippen LogP contribution in [0.4, 0.5) is 10.2 Å². The average molecular weight is 443 g/mol. The highest BCUT2D eigenvalue weighted by Gasteiger charge is 2.32. The van der Waals surface area contributed by atoms with Crippen LogP contribution in [-0.2, 0) is 4.79 Å². The summed E-state index contributed by atoms with van der Waals surface area (Å²) in [5.41, 5.74) is 1.02. The number of carbonyl (C=O) groups excluding carboxylic acids is 2. The number of aryl methyl sites for hydroxylation is 1. The van der Waals surface area contributed by atoms with E-state index < -0.39 is 23.7 Å². The van der Waals surface area contributed by atoms with Gasteiger partial charge in [0, 0.05) is 37.3 Å². The van der Waals surface area contributed by atoms with Gasteiger partial charge in [0.2, 0.25) is 5.82 Å². The Morgan fingerprint density at radius 1 is 1.32 bits per heavy atom. The first-order valence-corrected chi connectivity index (χ1v) is 9.53. The van der Waals surface area contributed by atoms with Gasteiger partial charge in [0.25, 0.3) is 11.8 Å². The summed E-state index contributed by atoms with van der Waals surface area (Å²) in [6, 6.07) is 1.98. The fourth-order valence-electron chi connectivity index (χ4n) is 3.07. The van der Waals surface area contributed by atoms with Gasteiger partial charge in [0.05, 0.1) is 16.9 Å². The fourth-order valence-corrected chi connectivity index (χ4v) is 3.22. The Kier molecular flexibility index (Phi) is 5.47. The molecule has 158 valence electrons. The molecule has 4 rings (SSSR count). The van der Waals surface area contributed by atoms with Gasteiger partial charge in [-0.25, -0.2) is 19.3 Å². The maximum atomic E-state index is 14.2. The van der Waals surface area contributed by atoms with E-state index in [2.05, 4.69) is 25.3 Å². The Morgan fingerprint density at radius 3 is 2.90 bits per heavy atom. The van der Waals surface area contributed by atoms with Crippen LogP contribution in [0.5, 0.6) is 5.75 Å². The summed E-state index contributed by atoms with van der Waals surface area (Å²) in [6.45, 7) is 1.56. The van der Waals surface area contributed by atoms with E-state index in [0.717, 1.165) is 6.20 Å². The number of nitrogens with one attached hydrogen (secondary N) is 1. The molecule has 3 aromatic rings. The number of hydrogen-bond donors (Lipinski definition) is 1. The molecule has 1 N–H and O–H groups in total. The Balaban J connectivity index is 1.58. The lowest BCUT2D eigenvalue weighted by Crippen LogP contribution is -2.49. The predicted octanol–water partition coefficient (Wildman–Crippen LogP) is 2.19. The highest BCUT2D eigenvalue weighted by molar-refractivity contribution is 6.30. The molecule has 0 bridgehead atoms. The minimum absolute atomic E-state index is 0.137. The van der Waals surface area contributed by atoms with Crippen molar-refractivity contribution in [2.24, 2.45) is 0 Å². The number of nitrogens with zero attached hydrogens (tertiary/aromatic N) is 5. The third-order valence-corrected chi connectivity index (χ3v) is 4.87. The van der Waals surface area contributed by atoms with Gasteiger partial charge in [0.15, 0.2) is 17.4 Å². The van der Waals surface area contributed by atoms with E-state index in [9.17, 15) is 14.0 Å². The molecule has 31 heavy (non-hydrogen) atoms. The third-order valence-electron chi connectivity index (χ3n) is 4.66. The number of hydrogen-bond acceptors (Lipinski definition) is 7. The molecule has 4 heterocycles. The molecule has 3 aromatic heterocycles. The summed E-state index contributed by atoms with van der Waals surface area (Å²) in [5.74, 6) is -1.32. The highest BCUT2D eigenvalue weighted by Crippen LogP contribution is 2.30. The molecule has 0 radical (unpaired) electrons. The van der Waals surface area contributed by atoms with Gasteiger partial charge < -0.3 is 10.1 Å². The summed E-state index contributed by atoms with van der Waals surface area (Å²) >= 11 is 5.94. The van der Waals surface area contributed by atoms with Crippen LogP contribution in [0.2, 0.25) is 5.02 Å². The third kappa shape index (κ3) is 4.02. The molecular weight excluding hydrogens is 427 g/mol. The predicted molar refractivity (Wildman–Crippen MR) is 109 cm³/mol. The van der Waals surface area contributed by atoms with Crippen molar-refractivity contribution < 1.29 is 18.7 Å². The lowest BCUT2D eigenvalue weighted by molar-refractivity contribution is -0.120. The minimum Gasteiger partial charge on any atom is -0.487 e. The molecule has 1 aliphatic heterocycles. The maximum Gasteiger partial charge on any atom is 0.289 e. The molecule has 11 heteroatoms. The number of anilines is 1. The van der Waals surface area contributed by atoms with E-state index in [1.807, 2.05) is 0 Å². The first-order chi connectivity index (χ1) is 14.8. The minimum atomic E-state index is -1.02. The SMILES string of the molecule is Cc1cnc(C(=O)N[C@H]2COc3cc(Cl)cnc3N(C)C2=O)nc1-c1ccncc1F. The summed E-state index contributed by atoms with van der Waals surface area (Å²) in [5, 5.41) is 2.92. The Bertz CT molecular complexity index is 1190. The Hall–Kier alpha value is -3.66. The number of amides is 2. The molecule has 0 aliphatic carbocycles. The number of halogens is 2. The molecule has 0 spiro atoms. The van der Waals surface area contributed by atoms with Crippen LogP contribution < -0.4 is 15.0 Å². The second kappa shape index (κ2) is 8.23. The molecule has 1 aliphatic rings. The summed E-state index contributed by atoms with van der Waals surface area (Å²) in [4.78, 5) is 42.9. The van der Waals surface area contributed by atoms with E-state index in [4.69, 9.17) is 16.3 Å². The summed E-state index contributed by atoms with van der Waals surface area (Å²) in [7, 11) is 1.52. The largest absolute Gasteiger partial charge is 0.487 e. The van der Waals surface area contributed by atoms with Crippen molar-refractivity contribution in [3.63, 3.8) is 0 Å². The van der Waals surface area contributed by atoms with Crippen LogP contribution in [0.25, 0.3) is 11.3 Å². The number of aromatic nitrogens is 4. The zero-order chi connectivity index (χ0) is 22.1. The number of likely N-dealkylation sites (N-methyl/N-ethyl adjacent to an activating group) is 1. The second-order valence-corrected chi connectivity index (χ2v) is 7.23. The number of pyridine rings is 2. The van der Waals surface area contributed by atoms with Crippen molar-refractivity contribution in [3.8, 4) is 17.0 Å². The van der Waals surface area contributed by atoms with Gasteiger partial charge in [0.1, 0.15) is 12.6 Å². The number of fused-ring (bicyclic) bond motifs is 1. The summed E-state index contributed by atoms with van der Waals surface area (Å²) < 4.78 is 19.8. The van der Waals surface area contributed by atoms with Crippen LogP contribution in [-0.4, -0.2) is 51.4 Å². The van der Waals surface area contributed by atoms with E-state index in [1.165, 1.54) is 42.7 Å². The van der Waals surface area contributed by atoms with Gasteiger partial charge in [-0.05, 0) is 18.6 Å².